The highest BCUT2D eigenvalue weighted by molar-refractivity contribution is 6.01. The summed E-state index contributed by atoms with van der Waals surface area (Å²) < 4.78 is 64.0. The number of halogens is 4. The number of pyridine rings is 1. The van der Waals surface area contributed by atoms with E-state index in [4.69, 9.17) is 9.47 Å². The number of anilines is 1. The molecule has 1 aliphatic carbocycles. The number of ether oxygens (including phenoxy) is 2. The molecule has 1 amide bonds. The van der Waals surface area contributed by atoms with Crippen molar-refractivity contribution in [1.29, 1.82) is 0 Å². The van der Waals surface area contributed by atoms with Crippen LogP contribution in [-0.2, 0) is 21.1 Å². The fraction of sp³-hybridized carbons (Fsp3) is 0.429. The topological polar surface area (TPSA) is 80.7 Å². The minimum absolute atomic E-state index is 0.235. The lowest BCUT2D eigenvalue weighted by atomic mass is 9.74. The zero-order chi connectivity index (χ0) is 22.2. The lowest BCUT2D eigenvalue weighted by molar-refractivity contribution is -0.137. The molecule has 3 fully saturated rings. The third kappa shape index (κ3) is 2.71. The molecule has 31 heavy (non-hydrogen) atoms. The molecule has 2 bridgehead atoms. The molecule has 0 radical (unpaired) electrons. The van der Waals surface area contributed by atoms with Gasteiger partial charge in [0.05, 0.1) is 36.4 Å². The van der Waals surface area contributed by atoms with Crippen LogP contribution >= 0.6 is 0 Å². The summed E-state index contributed by atoms with van der Waals surface area (Å²) in [6.45, 7) is 0. The predicted octanol–water partition coefficient (Wildman–Crippen LogP) is 3.05. The predicted molar refractivity (Wildman–Crippen MR) is 98.8 cm³/mol. The van der Waals surface area contributed by atoms with Crippen molar-refractivity contribution >= 4 is 11.6 Å². The number of alkyl halides is 3. The van der Waals surface area contributed by atoms with E-state index in [1.54, 1.807) is 12.1 Å². The van der Waals surface area contributed by atoms with Crippen LogP contribution in [0.15, 0.2) is 36.5 Å². The number of carbonyl (C=O) groups is 1. The van der Waals surface area contributed by atoms with Crippen LogP contribution in [0.2, 0.25) is 0 Å². The molecule has 5 unspecified atom stereocenters. The zero-order valence-corrected chi connectivity index (χ0v) is 16.2. The van der Waals surface area contributed by atoms with Crippen LogP contribution in [-0.4, -0.2) is 41.4 Å². The normalized spacial score (nSPS) is 33.2. The van der Waals surface area contributed by atoms with Crippen LogP contribution in [0.1, 0.15) is 24.0 Å². The number of carbonyl (C=O) groups excluding carboxylic acids is 1. The molecule has 10 heteroatoms. The molecule has 164 valence electrons. The van der Waals surface area contributed by atoms with Crippen molar-refractivity contribution in [2.24, 2.45) is 5.41 Å². The van der Waals surface area contributed by atoms with Crippen LogP contribution in [0.4, 0.5) is 23.2 Å². The summed E-state index contributed by atoms with van der Waals surface area (Å²) in [6.07, 6.45) is -4.69. The lowest BCUT2D eigenvalue weighted by Crippen LogP contribution is -2.44. The molecular formula is C21H18F4N2O4. The van der Waals surface area contributed by atoms with Gasteiger partial charge in [-0.05, 0) is 36.2 Å². The number of hydrogen-bond donors (Lipinski definition) is 2. The summed E-state index contributed by atoms with van der Waals surface area (Å²) in [7, 11) is 1.45. The molecule has 5 rings (SSSR count). The van der Waals surface area contributed by atoms with Crippen LogP contribution in [0.3, 0.4) is 0 Å². The van der Waals surface area contributed by atoms with Gasteiger partial charge in [-0.15, -0.1) is 0 Å². The van der Waals surface area contributed by atoms with Gasteiger partial charge in [-0.2, -0.15) is 13.2 Å². The standard InChI is InChI=1S/C21H18F4N2O4/c1-30-16-6-10(2-3-26-16)19-9-20(19,15-8-14(28)17(19)31-15)18(29)27-13-5-11(21(23,24)25)4-12(22)7-13/h2-7,14-15,17,28H,8-9H2,1H3,(H,27,29). The molecule has 6 nitrogen and oxygen atoms in total. The second kappa shape index (κ2) is 6.39. The Labute approximate surface area is 174 Å². The Morgan fingerprint density at radius 3 is 2.81 bits per heavy atom. The average molecular weight is 438 g/mol. The average Bonchev–Trinajstić information content (AvgIpc) is 3.20. The second-order valence-electron chi connectivity index (χ2n) is 8.24. The number of hydrogen-bond acceptors (Lipinski definition) is 5. The molecule has 3 aliphatic rings. The Bertz CT molecular complexity index is 1080. The Morgan fingerprint density at radius 2 is 2.10 bits per heavy atom. The largest absolute Gasteiger partial charge is 0.481 e. The van der Waals surface area contributed by atoms with E-state index in [0.29, 0.717) is 30.0 Å². The molecule has 1 aromatic carbocycles. The van der Waals surface area contributed by atoms with Gasteiger partial charge in [0.1, 0.15) is 5.82 Å². The molecule has 5 atom stereocenters. The molecule has 2 N–H and O–H groups in total. The number of aromatic nitrogens is 1. The Morgan fingerprint density at radius 1 is 1.32 bits per heavy atom. The number of aliphatic hydroxyl groups excluding tert-OH is 1. The second-order valence-corrected chi connectivity index (χ2v) is 8.24. The number of methoxy groups -OCH3 is 1. The molecule has 2 saturated heterocycles. The van der Waals surface area contributed by atoms with Crippen molar-refractivity contribution in [1.82, 2.24) is 4.98 Å². The summed E-state index contributed by atoms with van der Waals surface area (Å²) in [5.41, 5.74) is -2.75. The van der Waals surface area contributed by atoms with Gasteiger partial charge < -0.3 is 19.9 Å². The highest BCUT2D eigenvalue weighted by Crippen LogP contribution is 2.77. The fourth-order valence-electron chi connectivity index (χ4n) is 5.40. The number of nitrogens with zero attached hydrogens (tertiary/aromatic N) is 1. The molecule has 1 saturated carbocycles. The van der Waals surface area contributed by atoms with Gasteiger partial charge in [0.15, 0.2) is 0 Å². The van der Waals surface area contributed by atoms with Crippen molar-refractivity contribution in [3.05, 3.63) is 53.5 Å². The number of nitrogens with one attached hydrogen (secondary N) is 1. The highest BCUT2D eigenvalue weighted by Gasteiger charge is 2.87. The van der Waals surface area contributed by atoms with Gasteiger partial charge in [-0.3, -0.25) is 4.79 Å². The molecule has 3 heterocycles. The monoisotopic (exact) mass is 438 g/mol. The van der Waals surface area contributed by atoms with E-state index in [-0.39, 0.29) is 12.1 Å². The van der Waals surface area contributed by atoms with Crippen LogP contribution in [0.5, 0.6) is 5.88 Å². The smallest absolute Gasteiger partial charge is 0.416 e. The summed E-state index contributed by atoms with van der Waals surface area (Å²) >= 11 is 0. The van der Waals surface area contributed by atoms with E-state index in [1.807, 2.05) is 0 Å². The van der Waals surface area contributed by atoms with E-state index in [9.17, 15) is 27.5 Å². The molecule has 0 spiro atoms. The number of rotatable bonds is 4. The third-order valence-corrected chi connectivity index (χ3v) is 6.73. The van der Waals surface area contributed by atoms with Crippen molar-refractivity contribution in [2.75, 3.05) is 12.4 Å². The van der Waals surface area contributed by atoms with Gasteiger partial charge in [-0.1, -0.05) is 0 Å². The van der Waals surface area contributed by atoms with Gasteiger partial charge in [0.25, 0.3) is 0 Å². The fourth-order valence-corrected chi connectivity index (χ4v) is 5.40. The maximum Gasteiger partial charge on any atom is 0.416 e. The first-order valence-corrected chi connectivity index (χ1v) is 9.65. The quantitative estimate of drug-likeness (QED) is 0.718. The summed E-state index contributed by atoms with van der Waals surface area (Å²) in [5, 5.41) is 12.9. The molecule has 1 aromatic heterocycles. The molecule has 2 aliphatic heterocycles. The minimum Gasteiger partial charge on any atom is -0.481 e. The number of amides is 1. The van der Waals surface area contributed by atoms with E-state index >= 15 is 0 Å². The summed E-state index contributed by atoms with van der Waals surface area (Å²) in [4.78, 5) is 17.4. The number of aliphatic hydroxyl groups is 1. The number of fused-ring (bicyclic) bond motifs is 5. The van der Waals surface area contributed by atoms with E-state index in [0.717, 1.165) is 6.07 Å². The lowest BCUT2D eigenvalue weighted by Gasteiger charge is -2.29. The number of benzene rings is 1. The van der Waals surface area contributed by atoms with E-state index in [1.165, 1.54) is 13.3 Å². The van der Waals surface area contributed by atoms with E-state index in [2.05, 4.69) is 10.3 Å². The van der Waals surface area contributed by atoms with Crippen molar-refractivity contribution < 1.29 is 36.9 Å². The first kappa shape index (κ1) is 20.2. The van der Waals surface area contributed by atoms with Gasteiger partial charge in [-0.25, -0.2) is 9.37 Å². The van der Waals surface area contributed by atoms with Gasteiger partial charge >= 0.3 is 6.18 Å². The van der Waals surface area contributed by atoms with Crippen molar-refractivity contribution in [3.8, 4) is 5.88 Å². The van der Waals surface area contributed by atoms with Crippen molar-refractivity contribution in [2.45, 2.75) is 42.7 Å². The summed E-state index contributed by atoms with van der Waals surface area (Å²) in [6, 6.07) is 5.27. The highest BCUT2D eigenvalue weighted by atomic mass is 19.4. The maximum atomic E-state index is 13.8. The first-order chi connectivity index (χ1) is 14.6. The van der Waals surface area contributed by atoms with E-state index < -0.39 is 52.6 Å². The van der Waals surface area contributed by atoms with Crippen LogP contribution in [0, 0.1) is 11.2 Å². The molecule has 2 aromatic rings. The zero-order valence-electron chi connectivity index (χ0n) is 16.2. The van der Waals surface area contributed by atoms with Crippen LogP contribution < -0.4 is 10.1 Å². The van der Waals surface area contributed by atoms with Gasteiger partial charge in [0, 0.05) is 29.8 Å². The first-order valence-electron chi connectivity index (χ1n) is 9.65. The van der Waals surface area contributed by atoms with Crippen LogP contribution in [0.25, 0.3) is 0 Å². The Balaban J connectivity index is 1.51. The minimum atomic E-state index is -4.75. The SMILES string of the molecule is COc1cc(C23CC2(C(=O)Nc2cc(F)cc(C(F)(F)F)c2)C2CC(O)C3O2)ccn1. The maximum absolute atomic E-state index is 13.8. The Hall–Kier alpha value is -2.72. The molecular weight excluding hydrogens is 420 g/mol. The third-order valence-electron chi connectivity index (χ3n) is 6.73. The Kier molecular flexibility index (Phi) is 4.17. The van der Waals surface area contributed by atoms with Gasteiger partial charge in [0.2, 0.25) is 11.8 Å². The van der Waals surface area contributed by atoms with Crippen molar-refractivity contribution in [3.63, 3.8) is 0 Å². The summed E-state index contributed by atoms with van der Waals surface area (Å²) in [5.74, 6) is -1.35.